The third kappa shape index (κ3) is 4.84. The minimum Gasteiger partial charge on any atom is -0.301 e. The second-order valence-electron chi connectivity index (χ2n) is 6.63. The van der Waals surface area contributed by atoms with E-state index in [1.807, 2.05) is 0 Å². The Hall–Kier alpha value is -0.370. The maximum Gasteiger partial charge on any atom is 0.240 e. The number of rotatable bonds is 6. The lowest BCUT2D eigenvalue weighted by Crippen LogP contribution is -2.58. The molecule has 24 heavy (non-hydrogen) atoms. The second-order valence-corrected chi connectivity index (χ2v) is 9.22. The van der Waals surface area contributed by atoms with Crippen molar-refractivity contribution in [2.24, 2.45) is 0 Å². The fourth-order valence-electron chi connectivity index (χ4n) is 2.78. The quantitative estimate of drug-likeness (QED) is 0.806. The highest BCUT2D eigenvalue weighted by Gasteiger charge is 2.31. The third-order valence-corrected chi connectivity index (χ3v) is 6.71. The number of benzene rings is 1. The van der Waals surface area contributed by atoms with Crippen LogP contribution in [0.1, 0.15) is 20.8 Å². The first-order chi connectivity index (χ1) is 11.2. The monoisotopic (exact) mass is 393 g/mol. The molecule has 1 fully saturated rings. The summed E-state index contributed by atoms with van der Waals surface area (Å²) in [6, 6.07) is 4.33. The van der Waals surface area contributed by atoms with Gasteiger partial charge in [-0.3, -0.25) is 4.90 Å². The number of likely N-dealkylation sites (N-methyl/N-ethyl adjacent to an activating group) is 1. The van der Waals surface area contributed by atoms with Crippen LogP contribution >= 0.6 is 23.2 Å². The Kier molecular flexibility index (Phi) is 6.56. The molecular formula is C16H25Cl2N3O2S. The van der Waals surface area contributed by atoms with Gasteiger partial charge in [0.05, 0.1) is 14.9 Å². The van der Waals surface area contributed by atoms with Crippen LogP contribution in [0, 0.1) is 0 Å². The van der Waals surface area contributed by atoms with E-state index in [0.717, 1.165) is 32.7 Å². The number of halogens is 2. The lowest BCUT2D eigenvalue weighted by atomic mass is 10.0. The van der Waals surface area contributed by atoms with E-state index in [-0.39, 0.29) is 15.5 Å². The normalized spacial score (nSPS) is 18.0. The van der Waals surface area contributed by atoms with Gasteiger partial charge in [-0.2, -0.15) is 0 Å². The molecule has 0 atom stereocenters. The van der Waals surface area contributed by atoms with Gasteiger partial charge in [0.2, 0.25) is 10.0 Å². The first kappa shape index (κ1) is 19.9. The van der Waals surface area contributed by atoms with Crippen molar-refractivity contribution in [3.8, 4) is 0 Å². The van der Waals surface area contributed by atoms with E-state index < -0.39 is 10.0 Å². The number of nitrogens with one attached hydrogen (secondary N) is 1. The minimum absolute atomic E-state index is 0.128. The summed E-state index contributed by atoms with van der Waals surface area (Å²) in [4.78, 5) is 4.85. The number of sulfonamides is 1. The molecule has 0 unspecified atom stereocenters. The summed E-state index contributed by atoms with van der Waals surface area (Å²) in [7, 11) is -3.62. The van der Waals surface area contributed by atoms with Gasteiger partial charge < -0.3 is 4.90 Å². The molecule has 2 rings (SSSR count). The molecule has 1 heterocycles. The molecule has 1 aliphatic rings. The largest absolute Gasteiger partial charge is 0.301 e. The highest BCUT2D eigenvalue weighted by atomic mass is 35.5. The summed E-state index contributed by atoms with van der Waals surface area (Å²) in [5.41, 5.74) is -0.261. The molecule has 8 heteroatoms. The fraction of sp³-hybridized carbons (Fsp3) is 0.625. The van der Waals surface area contributed by atoms with Gasteiger partial charge in [0.25, 0.3) is 0 Å². The average molecular weight is 394 g/mol. The maximum absolute atomic E-state index is 12.5. The molecule has 1 aromatic rings. The molecule has 1 N–H and O–H groups in total. The van der Waals surface area contributed by atoms with Gasteiger partial charge in [-0.1, -0.05) is 30.1 Å². The topological polar surface area (TPSA) is 52.6 Å². The van der Waals surface area contributed by atoms with Gasteiger partial charge in [-0.25, -0.2) is 13.1 Å². The smallest absolute Gasteiger partial charge is 0.240 e. The number of hydrogen-bond acceptors (Lipinski definition) is 4. The number of hydrogen-bond donors (Lipinski definition) is 1. The SMILES string of the molecule is CCN1CCN(C(C)(C)CNS(=O)(=O)c2ccc(Cl)c(Cl)c2)CC1. The zero-order chi connectivity index (χ0) is 18.0. The highest BCUT2D eigenvalue weighted by molar-refractivity contribution is 7.89. The van der Waals surface area contributed by atoms with E-state index in [1.165, 1.54) is 18.2 Å². The van der Waals surface area contributed by atoms with Crippen molar-refractivity contribution in [2.45, 2.75) is 31.2 Å². The number of nitrogens with zero attached hydrogens (tertiary/aromatic N) is 2. The Morgan fingerprint density at radius 1 is 1.12 bits per heavy atom. The van der Waals surface area contributed by atoms with Crippen LogP contribution < -0.4 is 4.72 Å². The molecule has 1 saturated heterocycles. The molecule has 0 bridgehead atoms. The lowest BCUT2D eigenvalue weighted by molar-refractivity contribution is 0.0571. The van der Waals surface area contributed by atoms with E-state index in [0.29, 0.717) is 11.6 Å². The molecular weight excluding hydrogens is 369 g/mol. The van der Waals surface area contributed by atoms with Crippen molar-refractivity contribution in [1.82, 2.24) is 14.5 Å². The minimum atomic E-state index is -3.62. The van der Waals surface area contributed by atoms with Crippen molar-refractivity contribution >= 4 is 33.2 Å². The predicted octanol–water partition coefficient (Wildman–Crippen LogP) is 2.69. The zero-order valence-electron chi connectivity index (χ0n) is 14.3. The second kappa shape index (κ2) is 7.89. The summed E-state index contributed by atoms with van der Waals surface area (Å²) >= 11 is 11.8. The van der Waals surface area contributed by atoms with Gasteiger partial charge in [0, 0.05) is 38.3 Å². The van der Waals surface area contributed by atoms with Gasteiger partial charge in [0.1, 0.15) is 0 Å². The van der Waals surface area contributed by atoms with E-state index in [2.05, 4.69) is 35.3 Å². The zero-order valence-corrected chi connectivity index (χ0v) is 16.7. The summed E-state index contributed by atoms with van der Waals surface area (Å²) in [5.74, 6) is 0. The molecule has 1 aromatic carbocycles. The van der Waals surface area contributed by atoms with Crippen LogP contribution in [0.2, 0.25) is 10.0 Å². The highest BCUT2D eigenvalue weighted by Crippen LogP contribution is 2.25. The van der Waals surface area contributed by atoms with Crippen LogP contribution in [-0.2, 0) is 10.0 Å². The molecule has 0 aliphatic carbocycles. The van der Waals surface area contributed by atoms with Gasteiger partial charge in [-0.05, 0) is 38.6 Å². The third-order valence-electron chi connectivity index (χ3n) is 4.57. The van der Waals surface area contributed by atoms with Gasteiger partial charge >= 0.3 is 0 Å². The van der Waals surface area contributed by atoms with Crippen LogP contribution in [0.5, 0.6) is 0 Å². The molecule has 0 aromatic heterocycles. The Balaban J connectivity index is 2.01. The van der Waals surface area contributed by atoms with Crippen LogP contribution in [0.3, 0.4) is 0 Å². The van der Waals surface area contributed by atoms with Crippen LogP contribution in [0.15, 0.2) is 23.1 Å². The molecule has 0 radical (unpaired) electrons. The summed E-state index contributed by atoms with van der Waals surface area (Å²) in [6.45, 7) is 11.6. The van der Waals surface area contributed by atoms with E-state index in [9.17, 15) is 8.42 Å². The summed E-state index contributed by atoms with van der Waals surface area (Å²) in [5, 5.41) is 0.569. The van der Waals surface area contributed by atoms with Gasteiger partial charge in [0.15, 0.2) is 0 Å². The van der Waals surface area contributed by atoms with E-state index >= 15 is 0 Å². The Morgan fingerprint density at radius 3 is 2.29 bits per heavy atom. The predicted molar refractivity (Wildman–Crippen MR) is 99.4 cm³/mol. The molecule has 1 aliphatic heterocycles. The molecule has 0 amide bonds. The number of piperazine rings is 1. The Bertz CT molecular complexity index is 672. The van der Waals surface area contributed by atoms with Crippen molar-refractivity contribution in [3.63, 3.8) is 0 Å². The van der Waals surface area contributed by atoms with E-state index in [1.54, 1.807) is 0 Å². The Morgan fingerprint density at radius 2 is 1.75 bits per heavy atom. The van der Waals surface area contributed by atoms with Crippen molar-refractivity contribution in [1.29, 1.82) is 0 Å². The van der Waals surface area contributed by atoms with Gasteiger partial charge in [-0.15, -0.1) is 0 Å². The Labute approximate surface area is 155 Å². The fourth-order valence-corrected chi connectivity index (χ4v) is 4.37. The molecule has 0 spiro atoms. The van der Waals surface area contributed by atoms with Crippen molar-refractivity contribution < 1.29 is 8.42 Å². The maximum atomic E-state index is 12.5. The van der Waals surface area contributed by atoms with Crippen LogP contribution in [0.25, 0.3) is 0 Å². The molecule has 5 nitrogen and oxygen atoms in total. The molecule has 136 valence electrons. The summed E-state index contributed by atoms with van der Waals surface area (Å²) < 4.78 is 27.7. The molecule has 0 saturated carbocycles. The average Bonchev–Trinajstić information content (AvgIpc) is 2.55. The first-order valence-electron chi connectivity index (χ1n) is 8.08. The lowest BCUT2D eigenvalue weighted by Gasteiger charge is -2.44. The van der Waals surface area contributed by atoms with Crippen LogP contribution in [0.4, 0.5) is 0 Å². The first-order valence-corrected chi connectivity index (χ1v) is 10.3. The van der Waals surface area contributed by atoms with Crippen LogP contribution in [-0.4, -0.2) is 63.0 Å². The van der Waals surface area contributed by atoms with E-state index in [4.69, 9.17) is 23.2 Å². The summed E-state index contributed by atoms with van der Waals surface area (Å²) in [6.07, 6.45) is 0. The van der Waals surface area contributed by atoms with Crippen molar-refractivity contribution in [3.05, 3.63) is 28.2 Å². The standard InChI is InChI=1S/C16H25Cl2N3O2S/c1-4-20-7-9-21(10-8-20)16(2,3)12-19-24(22,23)13-5-6-14(17)15(18)11-13/h5-6,11,19H,4,7-10,12H2,1-3H3. The van der Waals surface area contributed by atoms with Crippen molar-refractivity contribution in [2.75, 3.05) is 39.3 Å².